The van der Waals surface area contributed by atoms with E-state index in [1.165, 1.54) is 38.5 Å². The van der Waals surface area contributed by atoms with Crippen molar-refractivity contribution in [2.45, 2.75) is 76.7 Å². The van der Waals surface area contributed by atoms with E-state index in [0.29, 0.717) is 12.5 Å². The Balaban J connectivity index is 1.19. The van der Waals surface area contributed by atoms with Gasteiger partial charge in [0.2, 0.25) is 5.91 Å². The zero-order valence-electron chi connectivity index (χ0n) is 18.2. The predicted octanol–water partition coefficient (Wildman–Crippen LogP) is 2.80. The number of hydrogen-bond acceptors (Lipinski definition) is 4. The summed E-state index contributed by atoms with van der Waals surface area (Å²) in [6.07, 6.45) is 11.9. The molecule has 3 aliphatic heterocycles. The molecule has 4 heterocycles. The third-order valence-electron chi connectivity index (χ3n) is 8.08. The van der Waals surface area contributed by atoms with Crippen molar-refractivity contribution in [1.29, 1.82) is 0 Å². The quantitative estimate of drug-likeness (QED) is 0.766. The van der Waals surface area contributed by atoms with Crippen LogP contribution in [-0.2, 0) is 17.8 Å². The van der Waals surface area contributed by atoms with Crippen LogP contribution in [0.15, 0.2) is 10.9 Å². The van der Waals surface area contributed by atoms with Crippen LogP contribution >= 0.6 is 0 Å². The number of fused-ring (bicyclic) bond motifs is 2. The average Bonchev–Trinajstić information content (AvgIpc) is 3.09. The van der Waals surface area contributed by atoms with Gasteiger partial charge in [-0.2, -0.15) is 0 Å². The SMILES string of the molecule is O=C(CN1CC[C@H](c2cc(=O)n3c(n2)CCCCC3)C1)N1CC[C@H]2CCCC[C@H]2C1. The Morgan fingerprint density at radius 3 is 2.70 bits per heavy atom. The molecule has 0 N–H and O–H groups in total. The molecule has 0 aromatic carbocycles. The van der Waals surface area contributed by atoms with Crippen molar-refractivity contribution in [2.75, 3.05) is 32.7 Å². The van der Waals surface area contributed by atoms with Gasteiger partial charge in [0.25, 0.3) is 5.56 Å². The van der Waals surface area contributed by atoms with Gasteiger partial charge in [0, 0.05) is 44.6 Å². The lowest BCUT2D eigenvalue weighted by Gasteiger charge is -2.41. The van der Waals surface area contributed by atoms with Crippen molar-refractivity contribution in [3.8, 4) is 0 Å². The number of hydrogen-bond donors (Lipinski definition) is 0. The van der Waals surface area contributed by atoms with E-state index in [-0.39, 0.29) is 11.5 Å². The molecular weight excluding hydrogens is 376 g/mol. The molecule has 0 unspecified atom stereocenters. The first-order valence-electron chi connectivity index (χ1n) is 12.3. The van der Waals surface area contributed by atoms with Crippen molar-refractivity contribution in [3.05, 3.63) is 27.9 Å². The third kappa shape index (κ3) is 4.20. The molecule has 2 saturated heterocycles. The van der Waals surface area contributed by atoms with Gasteiger partial charge in [-0.25, -0.2) is 4.98 Å². The molecule has 1 amide bonds. The summed E-state index contributed by atoms with van der Waals surface area (Å²) < 4.78 is 1.88. The van der Waals surface area contributed by atoms with Gasteiger partial charge in [0.15, 0.2) is 0 Å². The molecule has 0 radical (unpaired) electrons. The summed E-state index contributed by atoms with van der Waals surface area (Å²) >= 11 is 0. The molecule has 6 heteroatoms. The number of carbonyl (C=O) groups is 1. The Hall–Kier alpha value is -1.69. The highest BCUT2D eigenvalue weighted by Crippen LogP contribution is 2.36. The van der Waals surface area contributed by atoms with Gasteiger partial charge in [-0.05, 0) is 50.5 Å². The Labute approximate surface area is 179 Å². The molecule has 0 spiro atoms. The molecule has 3 atom stereocenters. The molecule has 1 aromatic heterocycles. The highest BCUT2D eigenvalue weighted by molar-refractivity contribution is 5.78. The molecule has 6 nitrogen and oxygen atoms in total. The molecule has 1 saturated carbocycles. The highest BCUT2D eigenvalue weighted by Gasteiger charge is 2.34. The van der Waals surface area contributed by atoms with Crippen LogP contribution < -0.4 is 5.56 Å². The largest absolute Gasteiger partial charge is 0.341 e. The third-order valence-corrected chi connectivity index (χ3v) is 8.08. The number of aromatic nitrogens is 2. The van der Waals surface area contributed by atoms with E-state index >= 15 is 0 Å². The number of nitrogens with zero attached hydrogens (tertiary/aromatic N) is 4. The predicted molar refractivity (Wildman–Crippen MR) is 116 cm³/mol. The zero-order chi connectivity index (χ0) is 20.5. The monoisotopic (exact) mass is 412 g/mol. The summed E-state index contributed by atoms with van der Waals surface area (Å²) in [6.45, 7) is 5.03. The van der Waals surface area contributed by atoms with E-state index < -0.39 is 0 Å². The van der Waals surface area contributed by atoms with E-state index in [2.05, 4.69) is 9.80 Å². The molecule has 30 heavy (non-hydrogen) atoms. The van der Waals surface area contributed by atoms with Gasteiger partial charge in [-0.3, -0.25) is 19.1 Å². The lowest BCUT2D eigenvalue weighted by atomic mass is 9.75. The van der Waals surface area contributed by atoms with Gasteiger partial charge >= 0.3 is 0 Å². The van der Waals surface area contributed by atoms with Crippen LogP contribution in [0.5, 0.6) is 0 Å². The second kappa shape index (κ2) is 8.81. The van der Waals surface area contributed by atoms with Crippen LogP contribution in [0.4, 0.5) is 0 Å². The number of rotatable bonds is 3. The summed E-state index contributed by atoms with van der Waals surface area (Å²) in [5, 5.41) is 0. The van der Waals surface area contributed by atoms with E-state index in [4.69, 9.17) is 4.98 Å². The van der Waals surface area contributed by atoms with E-state index in [9.17, 15) is 9.59 Å². The maximum atomic E-state index is 13.0. The summed E-state index contributed by atoms with van der Waals surface area (Å²) in [6, 6.07) is 1.76. The molecule has 1 aromatic rings. The van der Waals surface area contributed by atoms with E-state index in [1.54, 1.807) is 6.07 Å². The zero-order valence-corrected chi connectivity index (χ0v) is 18.2. The minimum Gasteiger partial charge on any atom is -0.341 e. The minimum atomic E-state index is 0.113. The Kier molecular flexibility index (Phi) is 5.94. The Morgan fingerprint density at radius 2 is 1.80 bits per heavy atom. The van der Waals surface area contributed by atoms with Gasteiger partial charge in [-0.15, -0.1) is 0 Å². The van der Waals surface area contributed by atoms with Crippen LogP contribution in [0.1, 0.15) is 75.2 Å². The Bertz CT molecular complexity index is 835. The number of piperidine rings is 1. The van der Waals surface area contributed by atoms with Crippen molar-refractivity contribution >= 4 is 5.91 Å². The molecule has 164 valence electrons. The fourth-order valence-electron chi connectivity index (χ4n) is 6.28. The molecule has 0 bridgehead atoms. The van der Waals surface area contributed by atoms with Crippen LogP contribution in [0, 0.1) is 11.8 Å². The molecule has 1 aliphatic carbocycles. The van der Waals surface area contributed by atoms with Crippen molar-refractivity contribution < 1.29 is 4.79 Å². The number of likely N-dealkylation sites (tertiary alicyclic amines) is 2. The second-order valence-electron chi connectivity index (χ2n) is 10.1. The number of carbonyl (C=O) groups excluding carboxylic acids is 1. The lowest BCUT2D eigenvalue weighted by molar-refractivity contribution is -0.135. The summed E-state index contributed by atoms with van der Waals surface area (Å²) in [7, 11) is 0. The summed E-state index contributed by atoms with van der Waals surface area (Å²) in [5.74, 6) is 3.15. The van der Waals surface area contributed by atoms with Crippen LogP contribution in [0.25, 0.3) is 0 Å². The number of aryl methyl sites for hydroxylation is 1. The lowest BCUT2D eigenvalue weighted by Crippen LogP contribution is -2.48. The molecule has 3 fully saturated rings. The van der Waals surface area contributed by atoms with Crippen molar-refractivity contribution in [2.24, 2.45) is 11.8 Å². The van der Waals surface area contributed by atoms with E-state index in [1.807, 2.05) is 4.57 Å². The van der Waals surface area contributed by atoms with Crippen LogP contribution in [-0.4, -0.2) is 58.0 Å². The number of amides is 1. The minimum absolute atomic E-state index is 0.113. The molecule has 5 rings (SSSR count). The summed E-state index contributed by atoms with van der Waals surface area (Å²) in [5.41, 5.74) is 1.06. The van der Waals surface area contributed by atoms with Crippen molar-refractivity contribution in [3.63, 3.8) is 0 Å². The van der Waals surface area contributed by atoms with Crippen LogP contribution in [0.2, 0.25) is 0 Å². The van der Waals surface area contributed by atoms with Gasteiger partial charge in [-0.1, -0.05) is 25.7 Å². The molecular formula is C24H36N4O2. The maximum absolute atomic E-state index is 13.0. The van der Waals surface area contributed by atoms with Crippen LogP contribution in [0.3, 0.4) is 0 Å². The van der Waals surface area contributed by atoms with Gasteiger partial charge in [0.1, 0.15) is 5.82 Å². The van der Waals surface area contributed by atoms with Gasteiger partial charge in [0.05, 0.1) is 12.2 Å². The van der Waals surface area contributed by atoms with Crippen molar-refractivity contribution in [1.82, 2.24) is 19.4 Å². The molecule has 4 aliphatic rings. The fraction of sp³-hybridized carbons (Fsp3) is 0.792. The first kappa shape index (κ1) is 20.2. The summed E-state index contributed by atoms with van der Waals surface area (Å²) in [4.78, 5) is 34.9. The Morgan fingerprint density at radius 1 is 0.933 bits per heavy atom. The normalized spacial score (nSPS) is 29.9. The van der Waals surface area contributed by atoms with Gasteiger partial charge < -0.3 is 4.90 Å². The fourth-order valence-corrected chi connectivity index (χ4v) is 6.28. The maximum Gasteiger partial charge on any atom is 0.253 e. The first-order valence-corrected chi connectivity index (χ1v) is 12.3. The average molecular weight is 413 g/mol. The standard InChI is InChI=1S/C24H36N4O2/c29-23-14-21(25-22-8-2-1-5-11-28(22)23)20-9-12-26(15-20)17-24(30)27-13-10-18-6-3-4-7-19(18)16-27/h14,18-20H,1-13,15-17H2/t18-,19+,20+/m1/s1. The first-order chi connectivity index (χ1) is 14.7. The second-order valence-corrected chi connectivity index (χ2v) is 10.1. The smallest absolute Gasteiger partial charge is 0.253 e. The topological polar surface area (TPSA) is 58.4 Å². The highest BCUT2D eigenvalue weighted by atomic mass is 16.2. The van der Waals surface area contributed by atoms with E-state index in [0.717, 1.165) is 81.8 Å².